The molecule has 0 heterocycles. The largest absolute Gasteiger partial charge is 0.385 e. The van der Waals surface area contributed by atoms with Gasteiger partial charge in [0.2, 0.25) is 0 Å². The third-order valence-corrected chi connectivity index (χ3v) is 2.71. The van der Waals surface area contributed by atoms with Crippen LogP contribution >= 0.6 is 0 Å². The topological polar surface area (TPSA) is 81.8 Å². The molecule has 1 aromatic rings. The fourth-order valence-electron chi connectivity index (χ4n) is 0.856. The molecule has 0 fully saturated rings. The van der Waals surface area contributed by atoms with Crippen molar-refractivity contribution in [2.24, 2.45) is 10.9 Å². The van der Waals surface area contributed by atoms with Crippen LogP contribution in [0, 0.1) is 6.92 Å². The molecule has 0 aliphatic heterocycles. The van der Waals surface area contributed by atoms with E-state index in [-0.39, 0.29) is 10.7 Å². The highest BCUT2D eigenvalue weighted by Gasteiger charge is 2.14. The van der Waals surface area contributed by atoms with Crippen LogP contribution < -0.4 is 5.73 Å². The standard InChI is InChI=1S/C9H12N2O3S/c1-7-3-5-9(6-4-7)15(12,13)14-11-8(2)10/h3-6H,1-2H3,(H2,10,11)/i10+1. The van der Waals surface area contributed by atoms with Crippen LogP contribution in [-0.4, -0.2) is 14.3 Å². The number of hydrogen-bond donors (Lipinski definition) is 1. The highest BCUT2D eigenvalue weighted by molar-refractivity contribution is 7.86. The maximum absolute atomic E-state index is 11.5. The second-order valence-electron chi connectivity index (χ2n) is 3.07. The molecule has 1 aromatic carbocycles. The Morgan fingerprint density at radius 3 is 2.33 bits per heavy atom. The van der Waals surface area contributed by atoms with Crippen LogP contribution in [0.25, 0.3) is 0 Å². The second-order valence-corrected chi connectivity index (χ2v) is 4.60. The first-order chi connectivity index (χ1) is 6.92. The minimum Gasteiger partial charge on any atom is -0.385 e. The SMILES string of the molecule is C/C([15NH2])=N/OS(=O)(=O)c1ccc(C)cc1. The van der Waals surface area contributed by atoms with Gasteiger partial charge in [0, 0.05) is 0 Å². The number of oxime groups is 1. The van der Waals surface area contributed by atoms with Crippen molar-refractivity contribution < 1.29 is 12.7 Å². The summed E-state index contributed by atoms with van der Waals surface area (Å²) in [6.07, 6.45) is 0. The molecule has 0 aliphatic carbocycles. The molecule has 0 radical (unpaired) electrons. The van der Waals surface area contributed by atoms with E-state index in [0.717, 1.165) is 5.56 Å². The lowest BCUT2D eigenvalue weighted by Crippen LogP contribution is -2.09. The van der Waals surface area contributed by atoms with Crippen molar-refractivity contribution in [3.63, 3.8) is 0 Å². The Morgan fingerprint density at radius 2 is 1.87 bits per heavy atom. The van der Waals surface area contributed by atoms with Gasteiger partial charge in [-0.25, -0.2) is 0 Å². The molecule has 0 atom stereocenters. The van der Waals surface area contributed by atoms with Crippen LogP contribution in [0.5, 0.6) is 0 Å². The van der Waals surface area contributed by atoms with Crippen LogP contribution in [0.3, 0.4) is 0 Å². The van der Waals surface area contributed by atoms with E-state index in [2.05, 4.69) is 9.44 Å². The summed E-state index contributed by atoms with van der Waals surface area (Å²) < 4.78 is 27.3. The Balaban J connectivity index is 2.97. The van der Waals surface area contributed by atoms with E-state index < -0.39 is 10.1 Å². The zero-order valence-corrected chi connectivity index (χ0v) is 9.28. The van der Waals surface area contributed by atoms with Gasteiger partial charge >= 0.3 is 10.1 Å². The smallest absolute Gasteiger partial charge is 0.358 e. The Morgan fingerprint density at radius 1 is 1.33 bits per heavy atom. The number of amidine groups is 1. The van der Waals surface area contributed by atoms with E-state index in [1.54, 1.807) is 12.1 Å². The molecule has 0 bridgehead atoms. The number of rotatable bonds is 3. The highest BCUT2D eigenvalue weighted by Crippen LogP contribution is 2.13. The molecular weight excluding hydrogens is 217 g/mol. The van der Waals surface area contributed by atoms with E-state index in [1.165, 1.54) is 19.1 Å². The van der Waals surface area contributed by atoms with Gasteiger partial charge in [-0.1, -0.05) is 22.9 Å². The molecule has 0 amide bonds. The van der Waals surface area contributed by atoms with Gasteiger partial charge < -0.3 is 5.73 Å². The van der Waals surface area contributed by atoms with Crippen molar-refractivity contribution in [3.8, 4) is 0 Å². The van der Waals surface area contributed by atoms with Crippen LogP contribution in [0.4, 0.5) is 0 Å². The van der Waals surface area contributed by atoms with E-state index in [1.807, 2.05) is 6.92 Å². The third kappa shape index (κ3) is 3.25. The van der Waals surface area contributed by atoms with E-state index in [4.69, 9.17) is 5.73 Å². The van der Waals surface area contributed by atoms with E-state index in [9.17, 15) is 8.42 Å². The van der Waals surface area contributed by atoms with Gasteiger partial charge in [-0.3, -0.25) is 4.28 Å². The van der Waals surface area contributed by atoms with Gasteiger partial charge in [-0.2, -0.15) is 8.42 Å². The Bertz CT molecular complexity index is 459. The molecule has 82 valence electrons. The Hall–Kier alpha value is -1.56. The van der Waals surface area contributed by atoms with Crippen LogP contribution in [-0.2, 0) is 14.4 Å². The van der Waals surface area contributed by atoms with Crippen LogP contribution in [0.1, 0.15) is 12.5 Å². The first kappa shape index (κ1) is 11.5. The molecule has 5 nitrogen and oxygen atoms in total. The molecule has 0 unspecified atom stereocenters. The monoisotopic (exact) mass is 229 g/mol. The van der Waals surface area contributed by atoms with Crippen molar-refractivity contribution >= 4 is 16.0 Å². The molecule has 0 aliphatic rings. The average Bonchev–Trinajstić information content (AvgIpc) is 2.16. The van der Waals surface area contributed by atoms with Crippen LogP contribution in [0.2, 0.25) is 0 Å². The zero-order chi connectivity index (χ0) is 11.5. The summed E-state index contributed by atoms with van der Waals surface area (Å²) in [7, 11) is -3.84. The summed E-state index contributed by atoms with van der Waals surface area (Å²) in [5.41, 5.74) is 6.13. The maximum Gasteiger partial charge on any atom is 0.358 e. The van der Waals surface area contributed by atoms with Crippen molar-refractivity contribution in [2.75, 3.05) is 0 Å². The quantitative estimate of drug-likeness (QED) is 0.362. The molecule has 6 heteroatoms. The summed E-state index contributed by atoms with van der Waals surface area (Å²) in [5.74, 6) is 0.0469. The van der Waals surface area contributed by atoms with Gasteiger partial charge in [-0.15, -0.1) is 0 Å². The van der Waals surface area contributed by atoms with Gasteiger partial charge in [-0.05, 0) is 26.0 Å². The first-order valence-electron chi connectivity index (χ1n) is 4.22. The zero-order valence-electron chi connectivity index (χ0n) is 8.47. The van der Waals surface area contributed by atoms with Crippen LogP contribution in [0.15, 0.2) is 34.3 Å². The average molecular weight is 229 g/mol. The number of hydrogen-bond acceptors (Lipinski definition) is 4. The molecular formula is C9H12N2O3S. The van der Waals surface area contributed by atoms with Crippen molar-refractivity contribution in [3.05, 3.63) is 29.8 Å². The summed E-state index contributed by atoms with van der Waals surface area (Å²) in [4.78, 5) is 0.0538. The molecule has 2 N–H and O–H groups in total. The van der Waals surface area contributed by atoms with E-state index in [0.29, 0.717) is 0 Å². The lowest BCUT2D eigenvalue weighted by molar-refractivity contribution is 0.338. The van der Waals surface area contributed by atoms with Gasteiger partial charge in [0.05, 0.1) is 0 Å². The summed E-state index contributed by atoms with van der Waals surface area (Å²) in [5, 5.41) is 3.20. The molecule has 0 saturated carbocycles. The maximum atomic E-state index is 11.5. The van der Waals surface area contributed by atoms with Crippen molar-refractivity contribution in [2.45, 2.75) is 18.7 Å². The van der Waals surface area contributed by atoms with Gasteiger partial charge in [0.1, 0.15) is 10.7 Å². The summed E-state index contributed by atoms with van der Waals surface area (Å²) >= 11 is 0. The molecule has 0 spiro atoms. The first-order valence-corrected chi connectivity index (χ1v) is 5.63. The molecule has 0 saturated heterocycles. The molecule has 1 rings (SSSR count). The lowest BCUT2D eigenvalue weighted by Gasteiger charge is -2.01. The Kier molecular flexibility index (Phi) is 3.31. The van der Waals surface area contributed by atoms with E-state index >= 15 is 0 Å². The minimum absolute atomic E-state index is 0.0469. The predicted octanol–water partition coefficient (Wildman–Crippen LogP) is 0.992. The van der Waals surface area contributed by atoms with Gasteiger partial charge in [0.25, 0.3) is 0 Å². The van der Waals surface area contributed by atoms with Crippen molar-refractivity contribution in [1.82, 2.24) is 0 Å². The fraction of sp³-hybridized carbons (Fsp3) is 0.222. The lowest BCUT2D eigenvalue weighted by atomic mass is 10.2. The fourth-order valence-corrected chi connectivity index (χ4v) is 1.63. The second kappa shape index (κ2) is 4.31. The normalized spacial score (nSPS) is 12.5. The van der Waals surface area contributed by atoms with Crippen molar-refractivity contribution in [1.29, 1.82) is 0 Å². The minimum atomic E-state index is -3.84. The number of nitrogens with two attached hydrogens (primary N) is 1. The van der Waals surface area contributed by atoms with Gasteiger partial charge in [0.15, 0.2) is 0 Å². The molecule has 0 aromatic heterocycles. The Labute approximate surface area is 88.7 Å². The molecule has 15 heavy (non-hydrogen) atoms. The number of aryl methyl sites for hydroxylation is 1. The highest BCUT2D eigenvalue weighted by atomic mass is 32.2. The summed E-state index contributed by atoms with van der Waals surface area (Å²) in [6.45, 7) is 3.30. The predicted molar refractivity (Wildman–Crippen MR) is 56.7 cm³/mol. The summed E-state index contributed by atoms with van der Waals surface area (Å²) in [6, 6.07) is 6.25. The third-order valence-electron chi connectivity index (χ3n) is 1.59. The number of benzene rings is 1. The number of nitrogens with zero attached hydrogens (tertiary/aromatic N) is 1.